The number of hydrogen-bond acceptors (Lipinski definition) is 3. The third-order valence-corrected chi connectivity index (χ3v) is 2.93. The number of nitrogens with two attached hydrogens (primary N) is 1. The Bertz CT molecular complexity index is 391. The van der Waals surface area contributed by atoms with Crippen molar-refractivity contribution in [2.75, 3.05) is 7.11 Å². The molecule has 2 unspecified atom stereocenters. The van der Waals surface area contributed by atoms with Gasteiger partial charge >= 0.3 is 6.09 Å². The number of carbonyl (C=O) groups is 1. The molecule has 17 heavy (non-hydrogen) atoms. The van der Waals surface area contributed by atoms with E-state index in [1.807, 2.05) is 0 Å². The number of carbonyl (C=O) groups excluding carboxylic acids is 1. The van der Waals surface area contributed by atoms with Gasteiger partial charge in [0.1, 0.15) is 12.2 Å². The lowest BCUT2D eigenvalue weighted by Crippen LogP contribution is -2.27. The maximum absolute atomic E-state index is 10.7. The van der Waals surface area contributed by atoms with Gasteiger partial charge in [0.15, 0.2) is 0 Å². The molecule has 94 valence electrons. The highest BCUT2D eigenvalue weighted by Crippen LogP contribution is 2.34. The van der Waals surface area contributed by atoms with E-state index in [0.29, 0.717) is 15.6 Å². The number of primary amides is 1. The van der Waals surface area contributed by atoms with Gasteiger partial charge in [-0.3, -0.25) is 0 Å². The summed E-state index contributed by atoms with van der Waals surface area (Å²) in [6, 6.07) is 5.10. The lowest BCUT2D eigenvalue weighted by Gasteiger charge is -2.24. The number of methoxy groups -OCH3 is 1. The van der Waals surface area contributed by atoms with E-state index < -0.39 is 18.3 Å². The van der Waals surface area contributed by atoms with Crippen molar-refractivity contribution in [2.45, 2.75) is 19.1 Å². The SMILES string of the molecule is COC(c1c(Cl)cccc1Cl)C(C)OC(N)=O. The molecule has 0 bridgehead atoms. The van der Waals surface area contributed by atoms with Gasteiger partial charge in [-0.2, -0.15) is 0 Å². The van der Waals surface area contributed by atoms with Gasteiger partial charge < -0.3 is 15.2 Å². The van der Waals surface area contributed by atoms with E-state index in [1.54, 1.807) is 25.1 Å². The molecule has 0 saturated carbocycles. The van der Waals surface area contributed by atoms with E-state index in [0.717, 1.165) is 0 Å². The van der Waals surface area contributed by atoms with E-state index in [-0.39, 0.29) is 0 Å². The van der Waals surface area contributed by atoms with E-state index >= 15 is 0 Å². The number of amides is 1. The lowest BCUT2D eigenvalue weighted by molar-refractivity contribution is -0.0120. The van der Waals surface area contributed by atoms with Crippen LogP contribution in [0.3, 0.4) is 0 Å². The molecule has 0 aliphatic carbocycles. The molecule has 0 aliphatic rings. The molecule has 1 aromatic carbocycles. The predicted molar refractivity (Wildman–Crippen MR) is 66.3 cm³/mol. The Morgan fingerprint density at radius 2 is 1.88 bits per heavy atom. The summed E-state index contributed by atoms with van der Waals surface area (Å²) in [5.41, 5.74) is 5.53. The molecule has 0 aliphatic heterocycles. The van der Waals surface area contributed by atoms with E-state index in [1.165, 1.54) is 7.11 Å². The first-order valence-corrected chi connectivity index (χ1v) is 5.65. The smallest absolute Gasteiger partial charge is 0.404 e. The van der Waals surface area contributed by atoms with Crippen LogP contribution < -0.4 is 5.73 Å². The second-order valence-electron chi connectivity index (χ2n) is 3.43. The molecule has 0 fully saturated rings. The van der Waals surface area contributed by atoms with Gasteiger partial charge in [-0.25, -0.2) is 4.79 Å². The van der Waals surface area contributed by atoms with Crippen LogP contribution in [0.25, 0.3) is 0 Å². The van der Waals surface area contributed by atoms with Crippen LogP contribution in [0.2, 0.25) is 10.0 Å². The summed E-state index contributed by atoms with van der Waals surface area (Å²) in [6.45, 7) is 1.65. The second-order valence-corrected chi connectivity index (χ2v) is 4.25. The lowest BCUT2D eigenvalue weighted by atomic mass is 10.0. The van der Waals surface area contributed by atoms with Gasteiger partial charge in [0.05, 0.1) is 0 Å². The van der Waals surface area contributed by atoms with Gasteiger partial charge in [0.25, 0.3) is 0 Å². The Hall–Kier alpha value is -0.970. The fourth-order valence-corrected chi connectivity index (χ4v) is 2.18. The molecule has 1 amide bonds. The molecule has 0 saturated heterocycles. The first kappa shape index (κ1) is 14.1. The van der Waals surface area contributed by atoms with Crippen molar-refractivity contribution in [2.24, 2.45) is 5.73 Å². The summed E-state index contributed by atoms with van der Waals surface area (Å²) < 4.78 is 10.1. The molecule has 4 nitrogen and oxygen atoms in total. The Balaban J connectivity index is 3.05. The summed E-state index contributed by atoms with van der Waals surface area (Å²) in [4.78, 5) is 10.7. The van der Waals surface area contributed by atoms with Crippen LogP contribution >= 0.6 is 23.2 Å². The van der Waals surface area contributed by atoms with Gasteiger partial charge in [0.2, 0.25) is 0 Å². The largest absolute Gasteiger partial charge is 0.444 e. The second kappa shape index (κ2) is 6.10. The number of halogens is 2. The number of rotatable bonds is 4. The van der Waals surface area contributed by atoms with Crippen LogP contribution in [-0.4, -0.2) is 19.3 Å². The van der Waals surface area contributed by atoms with Gasteiger partial charge in [-0.05, 0) is 19.1 Å². The minimum Gasteiger partial charge on any atom is -0.444 e. The zero-order chi connectivity index (χ0) is 13.0. The third kappa shape index (κ3) is 3.49. The maximum Gasteiger partial charge on any atom is 0.404 e. The van der Waals surface area contributed by atoms with Crippen LogP contribution in [0.5, 0.6) is 0 Å². The third-order valence-electron chi connectivity index (χ3n) is 2.27. The highest BCUT2D eigenvalue weighted by molar-refractivity contribution is 6.36. The van der Waals surface area contributed by atoms with Gasteiger partial charge in [0, 0.05) is 22.7 Å². The summed E-state index contributed by atoms with van der Waals surface area (Å²) in [5.74, 6) is 0. The number of ether oxygens (including phenoxy) is 2. The quantitative estimate of drug-likeness (QED) is 0.920. The molecule has 1 aromatic rings. The average Bonchev–Trinajstić information content (AvgIpc) is 2.22. The summed E-state index contributed by atoms with van der Waals surface area (Å²) in [7, 11) is 1.48. The fraction of sp³-hybridized carbons (Fsp3) is 0.364. The minimum absolute atomic E-state index is 0.448. The van der Waals surface area contributed by atoms with E-state index in [9.17, 15) is 4.79 Å². The van der Waals surface area contributed by atoms with Crippen LogP contribution in [0, 0.1) is 0 Å². The normalized spacial score (nSPS) is 14.1. The Labute approximate surface area is 110 Å². The molecule has 0 radical (unpaired) electrons. The van der Waals surface area contributed by atoms with Crippen molar-refractivity contribution in [1.82, 2.24) is 0 Å². The Kier molecular flexibility index (Phi) is 5.05. The predicted octanol–water partition coefficient (Wildman–Crippen LogP) is 3.16. The molecule has 2 N–H and O–H groups in total. The van der Waals surface area contributed by atoms with E-state index in [4.69, 9.17) is 38.4 Å². The maximum atomic E-state index is 10.7. The number of benzene rings is 1. The van der Waals surface area contributed by atoms with Gasteiger partial charge in [-0.1, -0.05) is 29.3 Å². The standard InChI is InChI=1S/C11H13Cl2NO3/c1-6(17-11(14)15)10(16-2)9-7(12)4-3-5-8(9)13/h3-6,10H,1-2H3,(H2,14,15). The monoisotopic (exact) mass is 277 g/mol. The molecule has 6 heteroatoms. The average molecular weight is 278 g/mol. The van der Waals surface area contributed by atoms with Crippen LogP contribution in [0.15, 0.2) is 18.2 Å². The topological polar surface area (TPSA) is 61.6 Å². The fourth-order valence-electron chi connectivity index (χ4n) is 1.57. The van der Waals surface area contributed by atoms with Crippen LogP contribution in [-0.2, 0) is 9.47 Å². The van der Waals surface area contributed by atoms with E-state index in [2.05, 4.69) is 0 Å². The van der Waals surface area contributed by atoms with Crippen molar-refractivity contribution >= 4 is 29.3 Å². The summed E-state index contributed by atoms with van der Waals surface area (Å²) in [6.07, 6.45) is -2.03. The van der Waals surface area contributed by atoms with Crippen molar-refractivity contribution < 1.29 is 14.3 Å². The molecular weight excluding hydrogens is 265 g/mol. The molecule has 0 spiro atoms. The zero-order valence-electron chi connectivity index (χ0n) is 9.44. The highest BCUT2D eigenvalue weighted by Gasteiger charge is 2.26. The molecule has 0 aromatic heterocycles. The summed E-state index contributed by atoms with van der Waals surface area (Å²) >= 11 is 12.1. The Morgan fingerprint density at radius 1 is 1.35 bits per heavy atom. The molecule has 1 rings (SSSR count). The zero-order valence-corrected chi connectivity index (χ0v) is 11.0. The highest BCUT2D eigenvalue weighted by atomic mass is 35.5. The Morgan fingerprint density at radius 3 is 2.29 bits per heavy atom. The van der Waals surface area contributed by atoms with Crippen molar-refractivity contribution in [3.8, 4) is 0 Å². The van der Waals surface area contributed by atoms with Crippen molar-refractivity contribution in [1.29, 1.82) is 0 Å². The first-order valence-electron chi connectivity index (χ1n) is 4.90. The molecule has 2 atom stereocenters. The molecular formula is C11H13Cl2NO3. The first-order chi connectivity index (χ1) is 7.97. The summed E-state index contributed by atoms with van der Waals surface area (Å²) in [5, 5.41) is 0.897. The number of hydrogen-bond donors (Lipinski definition) is 1. The van der Waals surface area contributed by atoms with Crippen LogP contribution in [0.1, 0.15) is 18.6 Å². The van der Waals surface area contributed by atoms with Crippen LogP contribution in [0.4, 0.5) is 4.79 Å². The molecule has 0 heterocycles. The van der Waals surface area contributed by atoms with Gasteiger partial charge in [-0.15, -0.1) is 0 Å². The van der Waals surface area contributed by atoms with Crippen molar-refractivity contribution in [3.05, 3.63) is 33.8 Å². The minimum atomic E-state index is -0.872. The van der Waals surface area contributed by atoms with Crippen molar-refractivity contribution in [3.63, 3.8) is 0 Å².